The van der Waals surface area contributed by atoms with Crippen molar-refractivity contribution in [3.8, 4) is 0 Å². The highest BCUT2D eigenvalue weighted by atomic mass is 35.5. The summed E-state index contributed by atoms with van der Waals surface area (Å²) < 4.78 is 0. The molecule has 0 amide bonds. The Morgan fingerprint density at radius 3 is 2.64 bits per heavy atom. The first-order valence-electron chi connectivity index (χ1n) is 7.46. The number of nitrogens with one attached hydrogen (secondary N) is 1. The molecule has 0 bridgehead atoms. The van der Waals surface area contributed by atoms with Gasteiger partial charge < -0.3 is 5.32 Å². The van der Waals surface area contributed by atoms with Gasteiger partial charge in [-0.3, -0.25) is 15.0 Å². The summed E-state index contributed by atoms with van der Waals surface area (Å²) in [4.78, 5) is 12.7. The van der Waals surface area contributed by atoms with E-state index in [1.165, 1.54) is 25.0 Å². The minimum absolute atomic E-state index is 0. The van der Waals surface area contributed by atoms with Gasteiger partial charge in [0.05, 0.1) is 9.95 Å². The van der Waals surface area contributed by atoms with Crippen LogP contribution in [0.15, 0.2) is 18.2 Å². The van der Waals surface area contributed by atoms with Gasteiger partial charge in [-0.1, -0.05) is 18.5 Å². The zero-order valence-corrected chi connectivity index (χ0v) is 14.3. The SMILES string of the molecule is CCNCC1CCN(Cc2ccc([N+](=O)[O-])cc2Cl)CC1.Cl. The quantitative estimate of drug-likeness (QED) is 0.632. The molecule has 0 aliphatic carbocycles. The van der Waals surface area contributed by atoms with E-state index in [9.17, 15) is 10.1 Å². The lowest BCUT2D eigenvalue weighted by atomic mass is 9.96. The molecule has 1 heterocycles. The number of likely N-dealkylation sites (tertiary alicyclic amines) is 1. The summed E-state index contributed by atoms with van der Waals surface area (Å²) in [6.45, 7) is 7.14. The predicted octanol–water partition coefficient (Wildman–Crippen LogP) is 3.49. The number of hydrogen-bond donors (Lipinski definition) is 1. The van der Waals surface area contributed by atoms with Crippen LogP contribution < -0.4 is 5.32 Å². The maximum atomic E-state index is 10.7. The lowest BCUT2D eigenvalue weighted by molar-refractivity contribution is -0.384. The van der Waals surface area contributed by atoms with Crippen LogP contribution in [0.4, 0.5) is 5.69 Å². The van der Waals surface area contributed by atoms with Crippen molar-refractivity contribution in [2.75, 3.05) is 26.2 Å². The van der Waals surface area contributed by atoms with Gasteiger partial charge in [0, 0.05) is 18.7 Å². The van der Waals surface area contributed by atoms with Crippen molar-refractivity contribution in [1.29, 1.82) is 0 Å². The maximum absolute atomic E-state index is 10.7. The van der Waals surface area contributed by atoms with E-state index in [2.05, 4.69) is 17.1 Å². The molecule has 1 aliphatic heterocycles. The van der Waals surface area contributed by atoms with E-state index in [0.717, 1.165) is 44.2 Å². The summed E-state index contributed by atoms with van der Waals surface area (Å²) in [5.41, 5.74) is 1.01. The van der Waals surface area contributed by atoms with E-state index in [1.54, 1.807) is 6.07 Å². The van der Waals surface area contributed by atoms with Crippen LogP contribution in [0.5, 0.6) is 0 Å². The molecule has 0 saturated carbocycles. The largest absolute Gasteiger partial charge is 0.317 e. The zero-order chi connectivity index (χ0) is 15.2. The molecule has 2 rings (SSSR count). The number of non-ortho nitro benzene ring substituents is 1. The summed E-state index contributed by atoms with van der Waals surface area (Å²) in [6.07, 6.45) is 2.38. The smallest absolute Gasteiger partial charge is 0.270 e. The van der Waals surface area contributed by atoms with Gasteiger partial charge in [0.2, 0.25) is 0 Å². The first-order valence-corrected chi connectivity index (χ1v) is 7.83. The van der Waals surface area contributed by atoms with Gasteiger partial charge in [-0.25, -0.2) is 0 Å². The van der Waals surface area contributed by atoms with E-state index < -0.39 is 4.92 Å². The van der Waals surface area contributed by atoms with Crippen molar-refractivity contribution in [3.63, 3.8) is 0 Å². The Balaban J connectivity index is 0.00000242. The fourth-order valence-corrected chi connectivity index (χ4v) is 2.95. The summed E-state index contributed by atoms with van der Waals surface area (Å²) in [7, 11) is 0. The summed E-state index contributed by atoms with van der Waals surface area (Å²) in [6, 6.07) is 4.74. The van der Waals surface area contributed by atoms with Crippen LogP contribution in [0.2, 0.25) is 5.02 Å². The Bertz CT molecular complexity index is 492. The van der Waals surface area contributed by atoms with Crippen LogP contribution in [0.3, 0.4) is 0 Å². The highest BCUT2D eigenvalue weighted by Gasteiger charge is 2.20. The topological polar surface area (TPSA) is 58.4 Å². The average Bonchev–Trinajstić information content (AvgIpc) is 2.48. The Morgan fingerprint density at radius 1 is 1.41 bits per heavy atom. The van der Waals surface area contributed by atoms with Gasteiger partial charge >= 0.3 is 0 Å². The molecule has 0 atom stereocenters. The minimum Gasteiger partial charge on any atom is -0.317 e. The van der Waals surface area contributed by atoms with E-state index >= 15 is 0 Å². The van der Waals surface area contributed by atoms with Crippen LogP contribution >= 0.6 is 24.0 Å². The van der Waals surface area contributed by atoms with Gasteiger partial charge in [0.1, 0.15) is 0 Å². The second-order valence-corrected chi connectivity index (χ2v) is 5.97. The monoisotopic (exact) mass is 347 g/mol. The first kappa shape index (κ1) is 19.2. The third kappa shape index (κ3) is 5.39. The van der Waals surface area contributed by atoms with Crippen molar-refractivity contribution < 1.29 is 4.92 Å². The molecule has 5 nitrogen and oxygen atoms in total. The molecule has 0 spiro atoms. The summed E-state index contributed by atoms with van der Waals surface area (Å²) >= 11 is 6.15. The summed E-state index contributed by atoms with van der Waals surface area (Å²) in [5, 5.41) is 14.6. The predicted molar refractivity (Wildman–Crippen MR) is 91.9 cm³/mol. The number of piperidine rings is 1. The molecule has 0 radical (unpaired) electrons. The fourth-order valence-electron chi connectivity index (χ4n) is 2.72. The van der Waals surface area contributed by atoms with Crippen molar-refractivity contribution >= 4 is 29.7 Å². The minimum atomic E-state index is -0.415. The number of halogens is 2. The number of rotatable bonds is 6. The van der Waals surface area contributed by atoms with Gasteiger partial charge in [-0.2, -0.15) is 0 Å². The van der Waals surface area contributed by atoms with Crippen LogP contribution in [0.1, 0.15) is 25.3 Å². The summed E-state index contributed by atoms with van der Waals surface area (Å²) in [5.74, 6) is 0.758. The Morgan fingerprint density at radius 2 is 2.09 bits per heavy atom. The number of hydrogen-bond acceptors (Lipinski definition) is 4. The lowest BCUT2D eigenvalue weighted by Crippen LogP contribution is -2.36. The molecule has 0 aromatic heterocycles. The average molecular weight is 348 g/mol. The molecule has 1 aromatic carbocycles. The van der Waals surface area contributed by atoms with Crippen LogP contribution in [0.25, 0.3) is 0 Å². The number of benzene rings is 1. The van der Waals surface area contributed by atoms with Crippen LogP contribution in [-0.4, -0.2) is 36.0 Å². The third-order valence-electron chi connectivity index (χ3n) is 4.03. The molecule has 22 heavy (non-hydrogen) atoms. The number of nitro benzene ring substituents is 1. The molecule has 1 aliphatic rings. The number of nitro groups is 1. The van der Waals surface area contributed by atoms with E-state index in [0.29, 0.717) is 5.02 Å². The van der Waals surface area contributed by atoms with Crippen molar-refractivity contribution in [2.45, 2.75) is 26.3 Å². The molecule has 0 unspecified atom stereocenters. The third-order valence-corrected chi connectivity index (χ3v) is 4.38. The first-order chi connectivity index (χ1) is 10.1. The highest BCUT2D eigenvalue weighted by Crippen LogP contribution is 2.25. The van der Waals surface area contributed by atoms with Crippen LogP contribution in [0, 0.1) is 16.0 Å². The standard InChI is InChI=1S/C15H22ClN3O2.ClH/c1-2-17-10-12-5-7-18(8-6-12)11-13-3-4-14(19(20)21)9-15(13)16;/h3-4,9,12,17H,2,5-8,10-11H2,1H3;1H. The Kier molecular flexibility index (Phi) is 8.10. The van der Waals surface area contributed by atoms with Crippen molar-refractivity contribution in [3.05, 3.63) is 38.9 Å². The van der Waals surface area contributed by atoms with E-state index in [4.69, 9.17) is 11.6 Å². The highest BCUT2D eigenvalue weighted by molar-refractivity contribution is 6.31. The van der Waals surface area contributed by atoms with E-state index in [1.807, 2.05) is 0 Å². The fraction of sp³-hybridized carbons (Fsp3) is 0.600. The van der Waals surface area contributed by atoms with E-state index in [-0.39, 0.29) is 18.1 Å². The second-order valence-electron chi connectivity index (χ2n) is 5.56. The Hall–Kier alpha value is -0.880. The molecule has 1 N–H and O–H groups in total. The number of nitrogens with zero attached hydrogens (tertiary/aromatic N) is 2. The van der Waals surface area contributed by atoms with Gasteiger partial charge in [-0.15, -0.1) is 12.4 Å². The lowest BCUT2D eigenvalue weighted by Gasteiger charge is -2.32. The molecule has 7 heteroatoms. The molecule has 1 fully saturated rings. The maximum Gasteiger partial charge on any atom is 0.270 e. The zero-order valence-electron chi connectivity index (χ0n) is 12.8. The van der Waals surface area contributed by atoms with Gasteiger partial charge in [0.25, 0.3) is 5.69 Å². The molecule has 1 saturated heterocycles. The van der Waals surface area contributed by atoms with Crippen molar-refractivity contribution in [1.82, 2.24) is 10.2 Å². The molecular formula is C15H23Cl2N3O2. The van der Waals surface area contributed by atoms with Gasteiger partial charge in [0.15, 0.2) is 0 Å². The second kappa shape index (κ2) is 9.30. The van der Waals surface area contributed by atoms with Crippen LogP contribution in [-0.2, 0) is 6.54 Å². The molecule has 124 valence electrons. The normalized spacial score (nSPS) is 16.3. The molecular weight excluding hydrogens is 325 g/mol. The van der Waals surface area contributed by atoms with Crippen molar-refractivity contribution in [2.24, 2.45) is 5.92 Å². The Labute approximate surface area is 142 Å². The van der Waals surface area contributed by atoms with Gasteiger partial charge in [-0.05, 0) is 56.6 Å². The molecule has 1 aromatic rings.